The van der Waals surface area contributed by atoms with Gasteiger partial charge >= 0.3 is 6.18 Å². The van der Waals surface area contributed by atoms with Crippen molar-refractivity contribution in [2.75, 3.05) is 30.2 Å². The van der Waals surface area contributed by atoms with Crippen LogP contribution in [0, 0.1) is 0 Å². The molecule has 1 amide bonds. The quantitative estimate of drug-likeness (QED) is 0.621. The number of likely N-dealkylation sites (tertiary alicyclic amines) is 1. The van der Waals surface area contributed by atoms with Crippen LogP contribution in [0.15, 0.2) is 48.5 Å². The van der Waals surface area contributed by atoms with Crippen molar-refractivity contribution in [3.63, 3.8) is 0 Å². The van der Waals surface area contributed by atoms with Crippen LogP contribution in [0.1, 0.15) is 36.0 Å². The largest absolute Gasteiger partial charge is 0.416 e. The minimum atomic E-state index is -4.53. The summed E-state index contributed by atoms with van der Waals surface area (Å²) < 4.78 is 63.4. The Bertz CT molecular complexity index is 1030. The molecule has 0 unspecified atom stereocenters. The third-order valence-corrected chi connectivity index (χ3v) is 6.68. The van der Waals surface area contributed by atoms with Gasteiger partial charge in [-0.25, -0.2) is 8.42 Å². The lowest BCUT2D eigenvalue weighted by atomic mass is 10.1. The molecule has 33 heavy (non-hydrogen) atoms. The van der Waals surface area contributed by atoms with Gasteiger partial charge in [0.15, 0.2) is 0 Å². The molecule has 0 radical (unpaired) electrons. The Hall–Kier alpha value is -2.59. The molecule has 6 nitrogen and oxygen atoms in total. The molecule has 1 aliphatic rings. The lowest BCUT2D eigenvalue weighted by molar-refractivity contribution is -0.137. The third-order valence-electron chi connectivity index (χ3n) is 5.54. The van der Waals surface area contributed by atoms with Crippen LogP contribution in [0.25, 0.3) is 0 Å². The first-order chi connectivity index (χ1) is 15.5. The molecule has 2 aromatic carbocycles. The summed E-state index contributed by atoms with van der Waals surface area (Å²) in [6, 6.07) is 11.5. The van der Waals surface area contributed by atoms with Gasteiger partial charge in [0.2, 0.25) is 15.9 Å². The Balaban J connectivity index is 1.57. The summed E-state index contributed by atoms with van der Waals surface area (Å²) in [4.78, 5) is 14.8. The van der Waals surface area contributed by atoms with Gasteiger partial charge in [-0.15, -0.1) is 0 Å². The van der Waals surface area contributed by atoms with E-state index in [2.05, 4.69) is 10.2 Å². The van der Waals surface area contributed by atoms with Crippen LogP contribution in [-0.2, 0) is 34.1 Å². The van der Waals surface area contributed by atoms with E-state index in [0.717, 1.165) is 60.0 Å². The predicted molar refractivity (Wildman–Crippen MR) is 121 cm³/mol. The molecule has 2 aromatic rings. The molecule has 1 saturated heterocycles. The van der Waals surface area contributed by atoms with Crippen molar-refractivity contribution in [3.8, 4) is 0 Å². The van der Waals surface area contributed by atoms with Crippen LogP contribution in [0.3, 0.4) is 0 Å². The van der Waals surface area contributed by atoms with E-state index in [1.54, 1.807) is 0 Å². The van der Waals surface area contributed by atoms with Crippen molar-refractivity contribution >= 4 is 21.6 Å². The molecule has 0 spiro atoms. The van der Waals surface area contributed by atoms with E-state index in [4.69, 9.17) is 0 Å². The van der Waals surface area contributed by atoms with E-state index < -0.39 is 34.2 Å². The van der Waals surface area contributed by atoms with Crippen molar-refractivity contribution < 1.29 is 26.4 Å². The lowest BCUT2D eigenvalue weighted by Gasteiger charge is -2.26. The number of carbonyl (C=O) groups is 1. The lowest BCUT2D eigenvalue weighted by Crippen LogP contribution is -2.40. The Labute approximate surface area is 192 Å². The summed E-state index contributed by atoms with van der Waals surface area (Å²) in [6.07, 6.45) is 0.0983. The fourth-order valence-corrected chi connectivity index (χ4v) is 4.60. The van der Waals surface area contributed by atoms with E-state index in [1.165, 1.54) is 24.8 Å². The number of sulfonamides is 1. The van der Waals surface area contributed by atoms with Gasteiger partial charge in [-0.1, -0.05) is 30.7 Å². The number of hydrogen-bond acceptors (Lipinski definition) is 4. The molecule has 0 saturated carbocycles. The highest BCUT2D eigenvalue weighted by Crippen LogP contribution is 2.31. The Morgan fingerprint density at radius 3 is 2.09 bits per heavy atom. The van der Waals surface area contributed by atoms with Gasteiger partial charge in [0.05, 0.1) is 17.5 Å². The number of alkyl halides is 3. The maximum atomic E-state index is 12.8. The number of nitrogens with one attached hydrogen (secondary N) is 1. The van der Waals surface area contributed by atoms with Crippen molar-refractivity contribution in [1.29, 1.82) is 0 Å². The van der Waals surface area contributed by atoms with Crippen molar-refractivity contribution in [2.45, 2.75) is 38.5 Å². The summed E-state index contributed by atoms with van der Waals surface area (Å²) >= 11 is 0. The van der Waals surface area contributed by atoms with Crippen molar-refractivity contribution in [1.82, 2.24) is 10.2 Å². The maximum Gasteiger partial charge on any atom is 0.416 e. The number of benzene rings is 2. The fourth-order valence-electron chi connectivity index (χ4n) is 3.74. The highest BCUT2D eigenvalue weighted by Gasteiger charge is 2.30. The van der Waals surface area contributed by atoms with Crippen LogP contribution in [0.4, 0.5) is 18.9 Å². The second-order valence-corrected chi connectivity index (χ2v) is 10.2. The minimum Gasteiger partial charge on any atom is -0.350 e. The number of halogens is 3. The zero-order chi connectivity index (χ0) is 24.1. The van der Waals surface area contributed by atoms with Crippen molar-refractivity contribution in [2.24, 2.45) is 0 Å². The Morgan fingerprint density at radius 1 is 0.970 bits per heavy atom. The molecule has 1 fully saturated rings. The van der Waals surface area contributed by atoms with Crippen LogP contribution in [0.5, 0.6) is 0 Å². The van der Waals surface area contributed by atoms with Gasteiger partial charge in [0, 0.05) is 13.1 Å². The Kier molecular flexibility index (Phi) is 8.01. The molecular weight excluding hydrogens is 455 g/mol. The third kappa shape index (κ3) is 7.46. The highest BCUT2D eigenvalue weighted by atomic mass is 32.2. The molecule has 0 aromatic heterocycles. The molecule has 0 aliphatic carbocycles. The summed E-state index contributed by atoms with van der Waals surface area (Å²) in [7, 11) is -3.88. The van der Waals surface area contributed by atoms with Gasteiger partial charge < -0.3 is 5.32 Å². The van der Waals surface area contributed by atoms with Crippen LogP contribution < -0.4 is 9.62 Å². The number of piperidine rings is 1. The monoisotopic (exact) mass is 483 g/mol. The van der Waals surface area contributed by atoms with Crippen LogP contribution in [0.2, 0.25) is 0 Å². The van der Waals surface area contributed by atoms with E-state index in [1.807, 2.05) is 24.3 Å². The number of hydrogen-bond donors (Lipinski definition) is 1. The second kappa shape index (κ2) is 10.6. The van der Waals surface area contributed by atoms with Gasteiger partial charge in [-0.3, -0.25) is 14.0 Å². The molecule has 180 valence electrons. The number of anilines is 1. The molecular formula is C23H28F3N3O3S. The smallest absolute Gasteiger partial charge is 0.350 e. The first-order valence-electron chi connectivity index (χ1n) is 10.7. The van der Waals surface area contributed by atoms with E-state index >= 15 is 0 Å². The average molecular weight is 484 g/mol. The molecule has 0 bridgehead atoms. The van der Waals surface area contributed by atoms with Gasteiger partial charge in [-0.2, -0.15) is 13.2 Å². The standard InChI is InChI=1S/C23H28F3N3O3S/c1-33(31,32)29(21-11-9-20(10-12-21)23(24,25)26)17-22(30)27-15-18-5-7-19(8-6-18)16-28-13-3-2-4-14-28/h5-12H,2-4,13-17H2,1H3,(H,27,30). The van der Waals surface area contributed by atoms with Crippen LogP contribution in [-0.4, -0.2) is 45.1 Å². The topological polar surface area (TPSA) is 69.7 Å². The molecule has 1 aliphatic heterocycles. The summed E-state index contributed by atoms with van der Waals surface area (Å²) in [5, 5.41) is 2.67. The highest BCUT2D eigenvalue weighted by molar-refractivity contribution is 7.92. The normalized spacial score (nSPS) is 15.3. The minimum absolute atomic E-state index is 0.0114. The molecule has 3 rings (SSSR count). The van der Waals surface area contributed by atoms with E-state index in [0.29, 0.717) is 0 Å². The summed E-state index contributed by atoms with van der Waals surface area (Å²) in [5.74, 6) is -0.558. The first-order valence-corrected chi connectivity index (χ1v) is 12.6. The SMILES string of the molecule is CS(=O)(=O)N(CC(=O)NCc1ccc(CN2CCCCC2)cc1)c1ccc(C(F)(F)F)cc1. The number of carbonyl (C=O) groups excluding carboxylic acids is 1. The first kappa shape index (κ1) is 25.0. The fraction of sp³-hybridized carbons (Fsp3) is 0.435. The average Bonchev–Trinajstić information content (AvgIpc) is 2.76. The zero-order valence-electron chi connectivity index (χ0n) is 18.4. The van der Waals surface area contributed by atoms with Gasteiger partial charge in [0.1, 0.15) is 6.54 Å². The number of rotatable bonds is 8. The summed E-state index contributed by atoms with van der Waals surface area (Å²) in [5.41, 5.74) is 1.15. The van der Waals surface area contributed by atoms with Crippen molar-refractivity contribution in [3.05, 3.63) is 65.2 Å². The van der Waals surface area contributed by atoms with Crippen LogP contribution >= 0.6 is 0 Å². The second-order valence-electron chi connectivity index (χ2n) is 8.24. The maximum absolute atomic E-state index is 12.8. The van der Waals surface area contributed by atoms with E-state index in [9.17, 15) is 26.4 Å². The molecule has 1 heterocycles. The van der Waals surface area contributed by atoms with E-state index in [-0.39, 0.29) is 12.2 Å². The molecule has 1 N–H and O–H groups in total. The predicted octanol–water partition coefficient (Wildman–Crippen LogP) is 3.77. The van der Waals surface area contributed by atoms with Gasteiger partial charge in [-0.05, 0) is 61.3 Å². The molecule has 0 atom stereocenters. The van der Waals surface area contributed by atoms with Gasteiger partial charge in [0.25, 0.3) is 0 Å². The summed E-state index contributed by atoms with van der Waals surface area (Å²) in [6.45, 7) is 2.79. The Morgan fingerprint density at radius 2 is 1.55 bits per heavy atom. The number of nitrogens with zero attached hydrogens (tertiary/aromatic N) is 2. The zero-order valence-corrected chi connectivity index (χ0v) is 19.3. The number of amides is 1. The molecule has 10 heteroatoms.